The van der Waals surface area contributed by atoms with Crippen molar-refractivity contribution in [3.63, 3.8) is 0 Å². The second kappa shape index (κ2) is 7.89. The Hall–Kier alpha value is -2.04. The van der Waals surface area contributed by atoms with Crippen molar-refractivity contribution in [2.24, 2.45) is 0 Å². The van der Waals surface area contributed by atoms with Gasteiger partial charge >= 0.3 is 0 Å². The summed E-state index contributed by atoms with van der Waals surface area (Å²) < 4.78 is 6.15. The van der Waals surface area contributed by atoms with E-state index in [1.165, 1.54) is 0 Å². The normalized spacial score (nSPS) is 17.2. The zero-order valence-electron chi connectivity index (χ0n) is 14.6. The number of hydrogen-bond acceptors (Lipinski definition) is 3. The lowest BCUT2D eigenvalue weighted by Gasteiger charge is -2.25. The van der Waals surface area contributed by atoms with Gasteiger partial charge in [0.25, 0.3) is 5.91 Å². The Morgan fingerprint density at radius 3 is 2.60 bits per heavy atom. The minimum atomic E-state index is -0.0256. The fraction of sp³-hybridized carbons (Fsp3) is 0.350. The van der Waals surface area contributed by atoms with Crippen LogP contribution in [0.1, 0.15) is 22.3 Å². The molecule has 0 N–H and O–H groups in total. The average Bonchev–Trinajstić information content (AvgIpc) is 2.73. The van der Waals surface area contributed by atoms with Gasteiger partial charge in [-0.25, -0.2) is 0 Å². The highest BCUT2D eigenvalue weighted by Gasteiger charge is 2.28. The van der Waals surface area contributed by atoms with Gasteiger partial charge in [0.2, 0.25) is 0 Å². The van der Waals surface area contributed by atoms with Gasteiger partial charge in [-0.15, -0.1) is 0 Å². The van der Waals surface area contributed by atoms with Crippen molar-refractivity contribution in [2.45, 2.75) is 19.1 Å². The van der Waals surface area contributed by atoms with Crippen LogP contribution in [0, 0.1) is 0 Å². The minimum absolute atomic E-state index is 0.0119. The van der Waals surface area contributed by atoms with Crippen LogP contribution >= 0.6 is 11.6 Å². The molecule has 0 bridgehead atoms. The van der Waals surface area contributed by atoms with E-state index in [0.29, 0.717) is 29.4 Å². The van der Waals surface area contributed by atoms with Gasteiger partial charge in [0.05, 0.1) is 12.1 Å². The van der Waals surface area contributed by atoms with E-state index in [-0.39, 0.29) is 12.0 Å². The second-order valence-electron chi connectivity index (χ2n) is 6.64. The molecule has 0 spiro atoms. The molecule has 25 heavy (non-hydrogen) atoms. The molecule has 5 heteroatoms. The summed E-state index contributed by atoms with van der Waals surface area (Å²) in [5.41, 5.74) is 1.69. The Balaban J connectivity index is 1.84. The summed E-state index contributed by atoms with van der Waals surface area (Å²) in [5, 5.41) is 0.698. The second-order valence-corrected chi connectivity index (χ2v) is 7.08. The van der Waals surface area contributed by atoms with Crippen molar-refractivity contribution in [2.75, 3.05) is 27.2 Å². The Bertz CT molecular complexity index is 731. The summed E-state index contributed by atoms with van der Waals surface area (Å²) in [4.78, 5) is 17.0. The molecule has 1 unspecified atom stereocenters. The van der Waals surface area contributed by atoms with Gasteiger partial charge in [0.15, 0.2) is 0 Å². The molecule has 0 radical (unpaired) electrons. The van der Waals surface area contributed by atoms with Gasteiger partial charge in [0, 0.05) is 18.1 Å². The SMILES string of the molecule is CN(C)CCC1CN(Cc2ccc(Cl)cc2)C(=O)c2ccccc2O1. The predicted octanol–water partition coefficient (Wildman–Crippen LogP) is 3.70. The van der Waals surface area contributed by atoms with Crippen LogP contribution in [0.3, 0.4) is 0 Å². The molecule has 0 saturated heterocycles. The molecule has 1 aliphatic rings. The molecule has 4 nitrogen and oxygen atoms in total. The lowest BCUT2D eigenvalue weighted by atomic mass is 10.1. The highest BCUT2D eigenvalue weighted by molar-refractivity contribution is 6.30. The van der Waals surface area contributed by atoms with E-state index in [0.717, 1.165) is 18.5 Å². The topological polar surface area (TPSA) is 32.8 Å². The number of amides is 1. The van der Waals surface area contributed by atoms with E-state index in [9.17, 15) is 4.79 Å². The maximum Gasteiger partial charge on any atom is 0.258 e. The number of nitrogens with zero attached hydrogens (tertiary/aromatic N) is 2. The van der Waals surface area contributed by atoms with E-state index >= 15 is 0 Å². The molecule has 0 fully saturated rings. The first kappa shape index (κ1) is 17.8. The van der Waals surface area contributed by atoms with Crippen molar-refractivity contribution in [3.8, 4) is 5.75 Å². The van der Waals surface area contributed by atoms with E-state index in [4.69, 9.17) is 16.3 Å². The number of hydrogen-bond donors (Lipinski definition) is 0. The van der Waals surface area contributed by atoms with Crippen molar-refractivity contribution < 1.29 is 9.53 Å². The Labute approximate surface area is 154 Å². The van der Waals surface area contributed by atoms with E-state index in [1.54, 1.807) is 0 Å². The van der Waals surface area contributed by atoms with Gasteiger partial charge in [-0.05, 0) is 50.3 Å². The third-order valence-electron chi connectivity index (χ3n) is 4.31. The van der Waals surface area contributed by atoms with Gasteiger partial charge in [-0.1, -0.05) is 35.9 Å². The van der Waals surface area contributed by atoms with E-state index in [2.05, 4.69) is 4.90 Å². The summed E-state index contributed by atoms with van der Waals surface area (Å²) in [6.07, 6.45) is 0.841. The minimum Gasteiger partial charge on any atom is -0.488 e. The van der Waals surface area contributed by atoms with Crippen LogP contribution in [0.5, 0.6) is 5.75 Å². The first-order valence-electron chi connectivity index (χ1n) is 8.47. The van der Waals surface area contributed by atoms with Crippen molar-refractivity contribution >= 4 is 17.5 Å². The molecule has 0 aromatic heterocycles. The fourth-order valence-electron chi connectivity index (χ4n) is 2.96. The third kappa shape index (κ3) is 4.53. The number of benzene rings is 2. The van der Waals surface area contributed by atoms with Crippen LogP contribution in [0.2, 0.25) is 5.02 Å². The molecule has 2 aromatic carbocycles. The fourth-order valence-corrected chi connectivity index (χ4v) is 3.09. The van der Waals surface area contributed by atoms with Gasteiger partial charge in [-0.3, -0.25) is 4.79 Å². The summed E-state index contributed by atoms with van der Waals surface area (Å²) in [6, 6.07) is 15.1. The highest BCUT2D eigenvalue weighted by Crippen LogP contribution is 2.27. The standard InChI is InChI=1S/C20H23ClN2O2/c1-22(2)12-11-17-14-23(13-15-7-9-16(21)10-8-15)20(24)18-5-3-4-6-19(18)25-17/h3-10,17H,11-14H2,1-2H3. The Morgan fingerprint density at radius 1 is 1.16 bits per heavy atom. The molecule has 0 aliphatic carbocycles. The van der Waals surface area contributed by atoms with E-state index < -0.39 is 0 Å². The van der Waals surface area contributed by atoms with Crippen LogP contribution in [-0.4, -0.2) is 49.0 Å². The molecule has 1 amide bonds. The lowest BCUT2D eigenvalue weighted by molar-refractivity contribution is 0.0682. The van der Waals surface area contributed by atoms with Crippen LogP contribution in [0.25, 0.3) is 0 Å². The number of carbonyl (C=O) groups is 1. The first-order chi connectivity index (χ1) is 12.0. The van der Waals surface area contributed by atoms with Gasteiger partial charge in [0.1, 0.15) is 11.9 Å². The number of ether oxygens (including phenoxy) is 1. The van der Waals surface area contributed by atoms with E-state index in [1.807, 2.05) is 67.5 Å². The number of rotatable bonds is 5. The molecule has 1 atom stereocenters. The Morgan fingerprint density at radius 2 is 1.88 bits per heavy atom. The largest absolute Gasteiger partial charge is 0.488 e. The molecule has 1 aliphatic heterocycles. The molecule has 1 heterocycles. The van der Waals surface area contributed by atoms with Gasteiger partial charge < -0.3 is 14.5 Å². The maximum absolute atomic E-state index is 13.0. The number of fused-ring (bicyclic) bond motifs is 1. The number of para-hydroxylation sites is 1. The molecular weight excluding hydrogens is 336 g/mol. The zero-order chi connectivity index (χ0) is 17.8. The summed E-state index contributed by atoms with van der Waals surface area (Å²) in [7, 11) is 4.09. The smallest absolute Gasteiger partial charge is 0.258 e. The summed E-state index contributed by atoms with van der Waals surface area (Å²) >= 11 is 5.96. The predicted molar refractivity (Wildman–Crippen MR) is 100 cm³/mol. The van der Waals surface area contributed by atoms with Gasteiger partial charge in [-0.2, -0.15) is 0 Å². The summed E-state index contributed by atoms with van der Waals surface area (Å²) in [5.74, 6) is 0.688. The Kier molecular flexibility index (Phi) is 5.61. The van der Waals surface area contributed by atoms with Crippen LogP contribution in [0.15, 0.2) is 48.5 Å². The highest BCUT2D eigenvalue weighted by atomic mass is 35.5. The van der Waals surface area contributed by atoms with Crippen molar-refractivity contribution in [3.05, 3.63) is 64.7 Å². The van der Waals surface area contributed by atoms with Crippen LogP contribution < -0.4 is 4.74 Å². The lowest BCUT2D eigenvalue weighted by Crippen LogP contribution is -2.37. The number of halogens is 1. The van der Waals surface area contributed by atoms with Crippen molar-refractivity contribution in [1.82, 2.24) is 9.80 Å². The first-order valence-corrected chi connectivity index (χ1v) is 8.85. The molecule has 3 rings (SSSR count). The maximum atomic E-state index is 13.0. The number of carbonyl (C=O) groups excluding carboxylic acids is 1. The molecule has 2 aromatic rings. The van der Waals surface area contributed by atoms with Crippen LogP contribution in [0.4, 0.5) is 0 Å². The zero-order valence-corrected chi connectivity index (χ0v) is 15.4. The summed E-state index contributed by atoms with van der Waals surface area (Å²) in [6.45, 7) is 2.03. The average molecular weight is 359 g/mol. The third-order valence-corrected chi connectivity index (χ3v) is 4.56. The van der Waals surface area contributed by atoms with Crippen molar-refractivity contribution in [1.29, 1.82) is 0 Å². The molecule has 132 valence electrons. The van der Waals surface area contributed by atoms with Crippen LogP contribution in [-0.2, 0) is 6.54 Å². The quantitative estimate of drug-likeness (QED) is 0.817. The molecule has 0 saturated carbocycles. The molecular formula is C20H23ClN2O2. The monoisotopic (exact) mass is 358 g/mol.